The van der Waals surface area contributed by atoms with Crippen LogP contribution < -0.4 is 0 Å². The van der Waals surface area contributed by atoms with E-state index in [2.05, 4.69) is 6.92 Å². The largest absolute Gasteiger partial charge is 0.335 e. The van der Waals surface area contributed by atoms with Crippen LogP contribution in [0.25, 0.3) is 0 Å². The molecule has 0 aromatic carbocycles. The second kappa shape index (κ2) is 5.78. The first-order valence-corrected chi connectivity index (χ1v) is 5.53. The van der Waals surface area contributed by atoms with Crippen LogP contribution in [0.1, 0.15) is 45.4 Å². The highest BCUT2D eigenvalue weighted by Crippen LogP contribution is 2.09. The lowest BCUT2D eigenvalue weighted by Gasteiger charge is -2.13. The van der Waals surface area contributed by atoms with Crippen LogP contribution >= 0.6 is 0 Å². The van der Waals surface area contributed by atoms with E-state index in [4.69, 9.17) is 0 Å². The summed E-state index contributed by atoms with van der Waals surface area (Å²) in [4.78, 5) is 23.8. The van der Waals surface area contributed by atoms with Gasteiger partial charge >= 0.3 is 0 Å². The molecule has 0 bridgehead atoms. The summed E-state index contributed by atoms with van der Waals surface area (Å²) >= 11 is 0. The van der Waals surface area contributed by atoms with Crippen LogP contribution in [0.4, 0.5) is 0 Å². The van der Waals surface area contributed by atoms with Crippen molar-refractivity contribution in [3.63, 3.8) is 0 Å². The van der Waals surface area contributed by atoms with E-state index in [-0.39, 0.29) is 18.1 Å². The van der Waals surface area contributed by atoms with Crippen molar-refractivity contribution in [2.45, 2.75) is 45.4 Å². The number of amides is 1. The predicted octanol–water partition coefficient (Wildman–Crippen LogP) is 1.76. The number of likely N-dealkylation sites (tertiary alicyclic amines) is 1. The van der Waals surface area contributed by atoms with Gasteiger partial charge in [0.15, 0.2) is 5.78 Å². The SMILES string of the molecule is CCCCCCCN1CC(=O)CC1=O. The average molecular weight is 197 g/mol. The summed E-state index contributed by atoms with van der Waals surface area (Å²) in [5.74, 6) is 0.0917. The molecule has 1 aliphatic rings. The fraction of sp³-hybridized carbons (Fsp3) is 0.818. The molecule has 1 amide bonds. The van der Waals surface area contributed by atoms with E-state index in [0.717, 1.165) is 13.0 Å². The summed E-state index contributed by atoms with van der Waals surface area (Å²) in [6.07, 6.45) is 6.10. The van der Waals surface area contributed by atoms with Gasteiger partial charge in [0.05, 0.1) is 13.0 Å². The van der Waals surface area contributed by atoms with Crippen molar-refractivity contribution in [1.82, 2.24) is 4.90 Å². The Kier molecular flexibility index (Phi) is 4.63. The molecule has 1 saturated heterocycles. The second-order valence-electron chi connectivity index (χ2n) is 3.94. The van der Waals surface area contributed by atoms with Gasteiger partial charge < -0.3 is 4.90 Å². The Bertz CT molecular complexity index is 213. The molecule has 1 fully saturated rings. The van der Waals surface area contributed by atoms with Gasteiger partial charge in [-0.05, 0) is 6.42 Å². The molecule has 0 aromatic heterocycles. The van der Waals surface area contributed by atoms with Gasteiger partial charge in [0.1, 0.15) is 0 Å². The monoisotopic (exact) mass is 197 g/mol. The third-order valence-corrected chi connectivity index (χ3v) is 2.60. The zero-order valence-electron chi connectivity index (χ0n) is 8.92. The number of hydrogen-bond acceptors (Lipinski definition) is 2. The normalized spacial score (nSPS) is 16.8. The van der Waals surface area contributed by atoms with E-state index in [0.29, 0.717) is 6.54 Å². The number of hydrogen-bond donors (Lipinski definition) is 0. The molecule has 0 atom stereocenters. The number of Topliss-reactive ketones (excluding diaryl/α,β-unsaturated/α-hetero) is 1. The highest BCUT2D eigenvalue weighted by atomic mass is 16.2. The lowest BCUT2D eigenvalue weighted by atomic mass is 10.1. The van der Waals surface area contributed by atoms with E-state index < -0.39 is 0 Å². The van der Waals surface area contributed by atoms with Crippen LogP contribution in [0.2, 0.25) is 0 Å². The fourth-order valence-corrected chi connectivity index (χ4v) is 1.75. The van der Waals surface area contributed by atoms with Crippen molar-refractivity contribution in [2.75, 3.05) is 13.1 Å². The molecular formula is C11H19NO2. The van der Waals surface area contributed by atoms with E-state index in [1.54, 1.807) is 4.90 Å². The Morgan fingerprint density at radius 2 is 1.86 bits per heavy atom. The summed E-state index contributed by atoms with van der Waals surface area (Å²) in [5.41, 5.74) is 0. The molecule has 1 aliphatic heterocycles. The zero-order valence-corrected chi connectivity index (χ0v) is 8.92. The molecule has 80 valence electrons. The summed E-state index contributed by atoms with van der Waals surface area (Å²) < 4.78 is 0. The third-order valence-electron chi connectivity index (χ3n) is 2.60. The van der Waals surface area contributed by atoms with Crippen molar-refractivity contribution in [1.29, 1.82) is 0 Å². The number of rotatable bonds is 6. The maximum absolute atomic E-state index is 11.2. The average Bonchev–Trinajstić information content (AvgIpc) is 2.45. The standard InChI is InChI=1S/C11H19NO2/c1-2-3-4-5-6-7-12-9-10(13)8-11(12)14/h2-9H2,1H3. The molecule has 0 spiro atoms. The van der Waals surface area contributed by atoms with E-state index in [9.17, 15) is 9.59 Å². The predicted molar refractivity (Wildman–Crippen MR) is 55.0 cm³/mol. The molecule has 3 heteroatoms. The van der Waals surface area contributed by atoms with Crippen molar-refractivity contribution in [3.8, 4) is 0 Å². The maximum atomic E-state index is 11.2. The molecule has 1 heterocycles. The Morgan fingerprint density at radius 1 is 1.14 bits per heavy atom. The summed E-state index contributed by atoms with van der Waals surface area (Å²) in [6, 6.07) is 0. The van der Waals surface area contributed by atoms with E-state index in [1.165, 1.54) is 25.7 Å². The second-order valence-corrected chi connectivity index (χ2v) is 3.94. The molecule has 0 N–H and O–H groups in total. The summed E-state index contributed by atoms with van der Waals surface area (Å²) in [7, 11) is 0. The Balaban J connectivity index is 2.07. The van der Waals surface area contributed by atoms with Gasteiger partial charge in [-0.1, -0.05) is 32.6 Å². The highest BCUT2D eigenvalue weighted by molar-refractivity contribution is 6.05. The third kappa shape index (κ3) is 3.48. The van der Waals surface area contributed by atoms with Crippen LogP contribution in [0, 0.1) is 0 Å². The minimum atomic E-state index is 0.0190. The topological polar surface area (TPSA) is 37.4 Å². The maximum Gasteiger partial charge on any atom is 0.230 e. The summed E-state index contributed by atoms with van der Waals surface area (Å²) in [6.45, 7) is 3.31. The van der Waals surface area contributed by atoms with Crippen LogP contribution in [0.15, 0.2) is 0 Å². The molecule has 3 nitrogen and oxygen atoms in total. The number of ketones is 1. The van der Waals surface area contributed by atoms with Gasteiger partial charge in [-0.15, -0.1) is 0 Å². The van der Waals surface area contributed by atoms with Crippen molar-refractivity contribution >= 4 is 11.7 Å². The number of unbranched alkanes of at least 4 members (excludes halogenated alkanes) is 4. The number of carbonyl (C=O) groups excluding carboxylic acids is 2. The van der Waals surface area contributed by atoms with Crippen LogP contribution in [0.3, 0.4) is 0 Å². The first-order valence-electron chi connectivity index (χ1n) is 5.53. The smallest absolute Gasteiger partial charge is 0.230 e. The lowest BCUT2D eigenvalue weighted by Crippen LogP contribution is -2.26. The Hall–Kier alpha value is -0.860. The van der Waals surface area contributed by atoms with Crippen molar-refractivity contribution < 1.29 is 9.59 Å². The minimum Gasteiger partial charge on any atom is -0.335 e. The molecule has 0 radical (unpaired) electrons. The zero-order chi connectivity index (χ0) is 10.4. The van der Waals surface area contributed by atoms with Gasteiger partial charge in [-0.3, -0.25) is 9.59 Å². The van der Waals surface area contributed by atoms with Gasteiger partial charge in [-0.2, -0.15) is 0 Å². The van der Waals surface area contributed by atoms with Crippen LogP contribution in [0.5, 0.6) is 0 Å². The lowest BCUT2D eigenvalue weighted by molar-refractivity contribution is -0.127. The Morgan fingerprint density at radius 3 is 2.43 bits per heavy atom. The number of carbonyl (C=O) groups is 2. The molecule has 0 saturated carbocycles. The Labute approximate surface area is 85.5 Å². The van der Waals surface area contributed by atoms with Gasteiger partial charge in [0.2, 0.25) is 5.91 Å². The van der Waals surface area contributed by atoms with Gasteiger partial charge in [-0.25, -0.2) is 0 Å². The molecule has 0 aromatic rings. The highest BCUT2D eigenvalue weighted by Gasteiger charge is 2.26. The quantitative estimate of drug-likeness (QED) is 0.480. The van der Waals surface area contributed by atoms with Crippen LogP contribution in [-0.2, 0) is 9.59 Å². The molecule has 14 heavy (non-hydrogen) atoms. The van der Waals surface area contributed by atoms with Gasteiger partial charge in [0.25, 0.3) is 0 Å². The molecule has 0 unspecified atom stereocenters. The number of nitrogens with zero attached hydrogens (tertiary/aromatic N) is 1. The minimum absolute atomic E-state index is 0.0190. The first kappa shape index (κ1) is 11.2. The van der Waals surface area contributed by atoms with Crippen LogP contribution in [-0.4, -0.2) is 29.7 Å². The van der Waals surface area contributed by atoms with E-state index in [1.807, 2.05) is 0 Å². The molecule has 1 rings (SSSR count). The molecule has 0 aliphatic carbocycles. The van der Waals surface area contributed by atoms with E-state index >= 15 is 0 Å². The van der Waals surface area contributed by atoms with Crippen molar-refractivity contribution in [2.24, 2.45) is 0 Å². The molecular weight excluding hydrogens is 178 g/mol. The first-order chi connectivity index (χ1) is 6.74. The summed E-state index contributed by atoms with van der Waals surface area (Å²) in [5, 5.41) is 0. The fourth-order valence-electron chi connectivity index (χ4n) is 1.75. The van der Waals surface area contributed by atoms with Gasteiger partial charge in [0, 0.05) is 6.54 Å². The van der Waals surface area contributed by atoms with Crippen molar-refractivity contribution in [3.05, 3.63) is 0 Å².